The lowest BCUT2D eigenvalue weighted by molar-refractivity contribution is -0.139. The van der Waals surface area contributed by atoms with Gasteiger partial charge in [0.25, 0.3) is 0 Å². The molecule has 1 amide bonds. The van der Waals surface area contributed by atoms with Crippen LogP contribution in [0.5, 0.6) is 0 Å². The Morgan fingerprint density at radius 3 is 2.60 bits per heavy atom. The van der Waals surface area contributed by atoms with Crippen molar-refractivity contribution in [2.45, 2.75) is 38.9 Å². The molecule has 0 aromatic carbocycles. The van der Waals surface area contributed by atoms with Gasteiger partial charge >= 0.3 is 5.97 Å². The number of carbonyl (C=O) groups is 2. The number of hydrogen-bond donors (Lipinski definition) is 1. The Morgan fingerprint density at radius 2 is 2.05 bits per heavy atom. The molecule has 1 aromatic rings. The molecule has 0 saturated heterocycles. The monoisotopic (exact) mass is 317 g/mol. The third kappa shape index (κ3) is 5.46. The molecular formula is C12H19N3O3S2. The highest BCUT2D eigenvalue weighted by Crippen LogP contribution is 2.23. The predicted molar refractivity (Wildman–Crippen MR) is 81.2 cm³/mol. The number of hydrogen-bond acceptors (Lipinski definition) is 7. The van der Waals surface area contributed by atoms with Crippen molar-refractivity contribution in [2.75, 3.05) is 17.7 Å². The second-order valence-electron chi connectivity index (χ2n) is 4.35. The summed E-state index contributed by atoms with van der Waals surface area (Å²) in [6.07, 6.45) is 0. The van der Waals surface area contributed by atoms with Crippen molar-refractivity contribution in [3.8, 4) is 0 Å². The number of aromatic nitrogens is 2. The molecule has 1 heterocycles. The molecule has 0 aliphatic carbocycles. The molecule has 1 aromatic heterocycles. The molecule has 0 bridgehead atoms. The van der Waals surface area contributed by atoms with Gasteiger partial charge in [0.15, 0.2) is 0 Å². The van der Waals surface area contributed by atoms with Gasteiger partial charge in [0.1, 0.15) is 5.01 Å². The zero-order chi connectivity index (χ0) is 15.1. The predicted octanol–water partition coefficient (Wildman–Crippen LogP) is 2.28. The summed E-state index contributed by atoms with van der Waals surface area (Å²) < 4.78 is 4.81. The van der Waals surface area contributed by atoms with Crippen LogP contribution in [0.25, 0.3) is 0 Å². The Balaban J connectivity index is 2.42. The Bertz CT molecular complexity index is 463. The average Bonchev–Trinajstić information content (AvgIpc) is 2.85. The zero-order valence-electron chi connectivity index (χ0n) is 12.0. The van der Waals surface area contributed by atoms with Gasteiger partial charge in [-0.15, -0.1) is 22.0 Å². The minimum atomic E-state index is -0.356. The molecule has 0 aliphatic heterocycles. The third-order valence-corrected chi connectivity index (χ3v) is 4.55. The second-order valence-corrected chi connectivity index (χ2v) is 6.69. The summed E-state index contributed by atoms with van der Waals surface area (Å²) in [4.78, 5) is 23.1. The Morgan fingerprint density at radius 1 is 1.35 bits per heavy atom. The number of ether oxygens (including phenoxy) is 1. The summed E-state index contributed by atoms with van der Waals surface area (Å²) in [5.41, 5.74) is 0. The Hall–Kier alpha value is -1.15. The summed E-state index contributed by atoms with van der Waals surface area (Å²) in [7, 11) is 0. The first-order valence-electron chi connectivity index (χ1n) is 6.35. The summed E-state index contributed by atoms with van der Waals surface area (Å²) in [5.74, 6) is -0.0508. The molecule has 0 radical (unpaired) electrons. The summed E-state index contributed by atoms with van der Waals surface area (Å²) in [6.45, 7) is 7.88. The van der Waals surface area contributed by atoms with E-state index in [9.17, 15) is 9.59 Å². The van der Waals surface area contributed by atoms with Crippen molar-refractivity contribution in [2.24, 2.45) is 0 Å². The van der Waals surface area contributed by atoms with E-state index in [0.717, 1.165) is 5.01 Å². The highest BCUT2D eigenvalue weighted by Gasteiger charge is 2.18. The molecule has 0 aliphatic rings. The fourth-order valence-corrected chi connectivity index (χ4v) is 2.63. The topological polar surface area (TPSA) is 81.2 Å². The largest absolute Gasteiger partial charge is 0.465 e. The van der Waals surface area contributed by atoms with Gasteiger partial charge in [-0.05, 0) is 13.8 Å². The van der Waals surface area contributed by atoms with Gasteiger partial charge in [-0.3, -0.25) is 14.9 Å². The fourth-order valence-electron chi connectivity index (χ4n) is 1.20. The van der Waals surface area contributed by atoms with Crippen LogP contribution in [0.2, 0.25) is 0 Å². The van der Waals surface area contributed by atoms with Crippen LogP contribution >= 0.6 is 23.1 Å². The van der Waals surface area contributed by atoms with E-state index in [1.54, 1.807) is 13.8 Å². The van der Waals surface area contributed by atoms with Gasteiger partial charge in [-0.2, -0.15) is 0 Å². The van der Waals surface area contributed by atoms with Gasteiger partial charge in [0.05, 0.1) is 17.6 Å². The van der Waals surface area contributed by atoms with E-state index in [1.165, 1.54) is 23.1 Å². The Kier molecular flexibility index (Phi) is 6.94. The minimum Gasteiger partial charge on any atom is -0.465 e. The van der Waals surface area contributed by atoms with E-state index in [-0.39, 0.29) is 28.8 Å². The van der Waals surface area contributed by atoms with Crippen molar-refractivity contribution in [1.82, 2.24) is 10.2 Å². The van der Waals surface area contributed by atoms with Crippen molar-refractivity contribution in [1.29, 1.82) is 0 Å². The van der Waals surface area contributed by atoms with E-state index in [4.69, 9.17) is 4.74 Å². The van der Waals surface area contributed by atoms with Crippen LogP contribution in [-0.2, 0) is 14.3 Å². The van der Waals surface area contributed by atoms with E-state index in [0.29, 0.717) is 11.7 Å². The molecule has 20 heavy (non-hydrogen) atoms. The summed E-state index contributed by atoms with van der Waals surface area (Å²) in [6, 6.07) is 0. The maximum atomic E-state index is 11.9. The summed E-state index contributed by atoms with van der Waals surface area (Å²) in [5, 5.41) is 11.6. The van der Waals surface area contributed by atoms with Crippen molar-refractivity contribution in [3.05, 3.63) is 5.01 Å². The van der Waals surface area contributed by atoms with Gasteiger partial charge in [0.2, 0.25) is 11.0 Å². The van der Waals surface area contributed by atoms with E-state index >= 15 is 0 Å². The average molecular weight is 317 g/mol. The molecule has 1 N–H and O–H groups in total. The highest BCUT2D eigenvalue weighted by atomic mass is 32.2. The number of carbonyl (C=O) groups excluding carboxylic acids is 2. The van der Waals surface area contributed by atoms with Gasteiger partial charge in [-0.25, -0.2) is 0 Å². The van der Waals surface area contributed by atoms with Gasteiger partial charge in [-0.1, -0.05) is 25.2 Å². The van der Waals surface area contributed by atoms with Crippen LogP contribution < -0.4 is 5.32 Å². The van der Waals surface area contributed by atoms with Crippen LogP contribution in [0.4, 0.5) is 5.13 Å². The number of nitrogens with one attached hydrogen (secondary N) is 1. The summed E-state index contributed by atoms with van der Waals surface area (Å²) >= 11 is 2.60. The smallest absolute Gasteiger partial charge is 0.315 e. The van der Waals surface area contributed by atoms with Crippen molar-refractivity contribution >= 4 is 40.1 Å². The maximum Gasteiger partial charge on any atom is 0.315 e. The molecule has 8 heteroatoms. The van der Waals surface area contributed by atoms with Crippen molar-refractivity contribution < 1.29 is 14.3 Å². The van der Waals surface area contributed by atoms with Crippen molar-refractivity contribution in [3.63, 3.8) is 0 Å². The molecular weight excluding hydrogens is 298 g/mol. The lowest BCUT2D eigenvalue weighted by atomic mass is 10.2. The minimum absolute atomic E-state index is 0.162. The maximum absolute atomic E-state index is 11.9. The van der Waals surface area contributed by atoms with E-state index < -0.39 is 0 Å². The standard InChI is InChI=1S/C12H19N3O3S2/c1-5-18-9(16)6-19-8(4)10(17)13-12-15-14-11(20-12)7(2)3/h7-8H,5-6H2,1-4H3,(H,13,15,17)/t8-/m0/s1. The number of nitrogens with zero attached hydrogens (tertiary/aromatic N) is 2. The molecule has 112 valence electrons. The van der Waals surface area contributed by atoms with Crippen LogP contribution in [0.15, 0.2) is 0 Å². The highest BCUT2D eigenvalue weighted by molar-refractivity contribution is 8.01. The number of esters is 1. The molecule has 0 fully saturated rings. The molecule has 1 rings (SSSR count). The zero-order valence-corrected chi connectivity index (χ0v) is 13.6. The first-order valence-corrected chi connectivity index (χ1v) is 8.22. The second kappa shape index (κ2) is 8.21. The van der Waals surface area contributed by atoms with Crippen LogP contribution in [0.3, 0.4) is 0 Å². The normalized spacial score (nSPS) is 12.2. The van der Waals surface area contributed by atoms with Gasteiger partial charge < -0.3 is 4.74 Å². The lowest BCUT2D eigenvalue weighted by Crippen LogP contribution is -2.24. The molecule has 0 saturated carbocycles. The first-order chi connectivity index (χ1) is 9.43. The van der Waals surface area contributed by atoms with Crippen LogP contribution in [-0.4, -0.2) is 39.7 Å². The van der Waals surface area contributed by atoms with E-state index in [1.807, 2.05) is 13.8 Å². The SMILES string of the molecule is CCOC(=O)CS[C@@H](C)C(=O)Nc1nnc(C(C)C)s1. The number of anilines is 1. The molecule has 0 spiro atoms. The fraction of sp³-hybridized carbons (Fsp3) is 0.667. The lowest BCUT2D eigenvalue weighted by Gasteiger charge is -2.09. The first kappa shape index (κ1) is 16.9. The Labute approximate surface area is 126 Å². The third-order valence-electron chi connectivity index (χ3n) is 2.29. The van der Waals surface area contributed by atoms with E-state index in [2.05, 4.69) is 15.5 Å². The quantitative estimate of drug-likeness (QED) is 0.777. The molecule has 0 unspecified atom stereocenters. The van der Waals surface area contributed by atoms with Crippen LogP contribution in [0, 0.1) is 0 Å². The number of rotatable bonds is 7. The number of thioether (sulfide) groups is 1. The number of amides is 1. The van der Waals surface area contributed by atoms with Gasteiger partial charge in [0, 0.05) is 5.92 Å². The molecule has 1 atom stereocenters. The molecule has 6 nitrogen and oxygen atoms in total. The van der Waals surface area contributed by atoms with Crippen LogP contribution in [0.1, 0.15) is 38.6 Å².